The summed E-state index contributed by atoms with van der Waals surface area (Å²) in [6, 6.07) is 7.02. The van der Waals surface area contributed by atoms with E-state index < -0.39 is 10.0 Å². The minimum atomic E-state index is -3.64. The van der Waals surface area contributed by atoms with Crippen LogP contribution >= 0.6 is 0 Å². The molecule has 32 heavy (non-hydrogen) atoms. The molecular weight excluding hydrogens is 426 g/mol. The number of carbonyl (C=O) groups excluding carboxylic acids is 1. The van der Waals surface area contributed by atoms with Crippen molar-refractivity contribution in [3.05, 3.63) is 53.6 Å². The first kappa shape index (κ1) is 22.3. The fourth-order valence-electron chi connectivity index (χ4n) is 4.21. The molecule has 2 aromatic heterocycles. The van der Waals surface area contributed by atoms with E-state index in [0.717, 1.165) is 29.2 Å². The van der Waals surface area contributed by atoms with Gasteiger partial charge in [-0.25, -0.2) is 8.42 Å². The van der Waals surface area contributed by atoms with Gasteiger partial charge in [-0.3, -0.25) is 9.78 Å². The van der Waals surface area contributed by atoms with Crippen LogP contribution in [0.25, 0.3) is 10.8 Å². The Kier molecular flexibility index (Phi) is 5.96. The molecule has 1 aromatic carbocycles. The summed E-state index contributed by atoms with van der Waals surface area (Å²) in [7, 11) is -1.93. The van der Waals surface area contributed by atoms with Crippen LogP contribution < -0.4 is 11.1 Å². The smallest absolute Gasteiger partial charge is 0.268 e. The summed E-state index contributed by atoms with van der Waals surface area (Å²) in [5, 5.41) is 4.67. The lowest BCUT2D eigenvalue weighted by atomic mass is 10.0. The van der Waals surface area contributed by atoms with Crippen molar-refractivity contribution in [2.75, 3.05) is 18.8 Å². The first-order chi connectivity index (χ1) is 15.2. The van der Waals surface area contributed by atoms with Crippen LogP contribution in [0.2, 0.25) is 0 Å². The van der Waals surface area contributed by atoms with Gasteiger partial charge in [-0.1, -0.05) is 13.0 Å². The van der Waals surface area contributed by atoms with Gasteiger partial charge >= 0.3 is 0 Å². The SMILES string of the molecule is Cc1c(S(=O)(=O)N2CCC(C)CC2)cc(C(=O)NCc2ccc(N)c3cnccc23)n1C. The molecule has 0 radical (unpaired) electrons. The maximum absolute atomic E-state index is 13.2. The van der Waals surface area contributed by atoms with Crippen molar-refractivity contribution in [3.63, 3.8) is 0 Å². The summed E-state index contributed by atoms with van der Waals surface area (Å²) < 4.78 is 29.6. The molecule has 4 rings (SSSR count). The molecule has 3 heterocycles. The summed E-state index contributed by atoms with van der Waals surface area (Å²) in [5.74, 6) is 0.197. The Labute approximate surface area is 188 Å². The van der Waals surface area contributed by atoms with Crippen LogP contribution in [0.5, 0.6) is 0 Å². The van der Waals surface area contributed by atoms with Crippen molar-refractivity contribution < 1.29 is 13.2 Å². The number of nitrogens with one attached hydrogen (secondary N) is 1. The standard InChI is InChI=1S/C23H29N5O3S/c1-15-7-10-28(11-8-15)32(30,31)22-12-21(27(3)16(22)2)23(29)26-13-17-4-5-20(24)19-14-25-9-6-18(17)19/h4-6,9,12,14-15H,7-8,10-11,13,24H2,1-3H3,(H,26,29). The van der Waals surface area contributed by atoms with Crippen LogP contribution in [0, 0.1) is 12.8 Å². The molecule has 1 fully saturated rings. The first-order valence-electron chi connectivity index (χ1n) is 10.8. The Morgan fingerprint density at radius 2 is 1.94 bits per heavy atom. The third-order valence-corrected chi connectivity index (χ3v) is 8.48. The minimum absolute atomic E-state index is 0.198. The highest BCUT2D eigenvalue weighted by molar-refractivity contribution is 7.89. The second-order valence-corrected chi connectivity index (χ2v) is 10.4. The Bertz CT molecular complexity index is 1270. The molecule has 0 unspecified atom stereocenters. The van der Waals surface area contributed by atoms with E-state index in [2.05, 4.69) is 17.2 Å². The minimum Gasteiger partial charge on any atom is -0.398 e. The molecule has 0 saturated carbocycles. The van der Waals surface area contributed by atoms with Crippen LogP contribution in [-0.4, -0.2) is 41.3 Å². The number of aromatic nitrogens is 2. The van der Waals surface area contributed by atoms with E-state index in [-0.39, 0.29) is 17.3 Å². The van der Waals surface area contributed by atoms with Crippen LogP contribution in [-0.2, 0) is 23.6 Å². The van der Waals surface area contributed by atoms with Crippen molar-refractivity contribution in [2.24, 2.45) is 13.0 Å². The monoisotopic (exact) mass is 455 g/mol. The molecule has 0 atom stereocenters. The van der Waals surface area contributed by atoms with Gasteiger partial charge in [0.05, 0.1) is 0 Å². The van der Waals surface area contributed by atoms with E-state index in [0.29, 0.717) is 36.1 Å². The Morgan fingerprint density at radius 1 is 1.22 bits per heavy atom. The zero-order chi connectivity index (χ0) is 23.0. The Balaban J connectivity index is 1.56. The Hall–Kier alpha value is -2.91. The van der Waals surface area contributed by atoms with Crippen molar-refractivity contribution in [3.8, 4) is 0 Å². The largest absolute Gasteiger partial charge is 0.398 e. The predicted octanol–water partition coefficient (Wildman–Crippen LogP) is 2.81. The number of benzene rings is 1. The summed E-state index contributed by atoms with van der Waals surface area (Å²) >= 11 is 0. The fraction of sp³-hybridized carbons (Fsp3) is 0.391. The lowest BCUT2D eigenvalue weighted by Gasteiger charge is -2.29. The highest BCUT2D eigenvalue weighted by atomic mass is 32.2. The summed E-state index contributed by atoms with van der Waals surface area (Å²) in [6.07, 6.45) is 5.09. The average Bonchev–Trinajstić information content (AvgIpc) is 3.09. The zero-order valence-corrected chi connectivity index (χ0v) is 19.4. The van der Waals surface area contributed by atoms with E-state index in [1.54, 1.807) is 37.0 Å². The van der Waals surface area contributed by atoms with E-state index in [4.69, 9.17) is 5.73 Å². The molecule has 9 heteroatoms. The molecule has 1 aliphatic rings. The number of hydrogen-bond donors (Lipinski definition) is 2. The predicted molar refractivity (Wildman–Crippen MR) is 125 cm³/mol. The number of anilines is 1. The Morgan fingerprint density at radius 3 is 2.66 bits per heavy atom. The van der Waals surface area contributed by atoms with Crippen LogP contribution in [0.15, 0.2) is 41.6 Å². The number of carbonyl (C=O) groups is 1. The molecule has 1 amide bonds. The van der Waals surface area contributed by atoms with Gasteiger partial charge in [0, 0.05) is 55.8 Å². The maximum Gasteiger partial charge on any atom is 0.268 e. The number of fused-ring (bicyclic) bond motifs is 1. The number of nitrogens with zero attached hydrogens (tertiary/aromatic N) is 3. The topological polar surface area (TPSA) is 110 Å². The first-order valence-corrected chi connectivity index (χ1v) is 12.2. The molecule has 1 aliphatic heterocycles. The second-order valence-electron chi connectivity index (χ2n) is 8.54. The van der Waals surface area contributed by atoms with Gasteiger partial charge in [-0.2, -0.15) is 4.31 Å². The maximum atomic E-state index is 13.2. The van der Waals surface area contributed by atoms with Crippen molar-refractivity contribution in [2.45, 2.75) is 38.1 Å². The number of sulfonamides is 1. The van der Waals surface area contributed by atoms with E-state index >= 15 is 0 Å². The van der Waals surface area contributed by atoms with Gasteiger partial charge in [-0.15, -0.1) is 0 Å². The molecule has 8 nitrogen and oxygen atoms in total. The molecule has 1 saturated heterocycles. The summed E-state index contributed by atoms with van der Waals surface area (Å²) in [4.78, 5) is 17.3. The number of nitrogen functional groups attached to an aromatic ring is 1. The molecule has 0 spiro atoms. The average molecular weight is 456 g/mol. The summed E-state index contributed by atoms with van der Waals surface area (Å²) in [5.41, 5.74) is 8.43. The summed E-state index contributed by atoms with van der Waals surface area (Å²) in [6.45, 7) is 5.19. The van der Waals surface area contributed by atoms with Crippen molar-refractivity contribution in [1.29, 1.82) is 0 Å². The number of piperidine rings is 1. The lowest BCUT2D eigenvalue weighted by molar-refractivity contribution is 0.0942. The van der Waals surface area contributed by atoms with Crippen LogP contribution in [0.4, 0.5) is 5.69 Å². The normalized spacial score (nSPS) is 15.8. The number of hydrogen-bond acceptors (Lipinski definition) is 5. The third kappa shape index (κ3) is 3.98. The quantitative estimate of drug-likeness (QED) is 0.575. The van der Waals surface area contributed by atoms with E-state index in [1.165, 1.54) is 10.4 Å². The number of pyridine rings is 1. The second kappa shape index (κ2) is 8.55. The highest BCUT2D eigenvalue weighted by Crippen LogP contribution is 2.28. The van der Waals surface area contributed by atoms with E-state index in [1.807, 2.05) is 12.1 Å². The lowest BCUT2D eigenvalue weighted by Crippen LogP contribution is -2.38. The number of amides is 1. The van der Waals surface area contributed by atoms with Gasteiger partial charge < -0.3 is 15.6 Å². The van der Waals surface area contributed by atoms with Gasteiger partial charge in [0.25, 0.3) is 5.91 Å². The van der Waals surface area contributed by atoms with Crippen molar-refractivity contribution in [1.82, 2.24) is 19.2 Å². The third-order valence-electron chi connectivity index (χ3n) is 6.46. The molecule has 3 aromatic rings. The van der Waals surface area contributed by atoms with Crippen molar-refractivity contribution >= 4 is 32.4 Å². The molecule has 3 N–H and O–H groups in total. The fourth-order valence-corrected chi connectivity index (χ4v) is 5.95. The molecule has 170 valence electrons. The van der Waals surface area contributed by atoms with Crippen LogP contribution in [0.3, 0.4) is 0 Å². The number of nitrogens with two attached hydrogens (primary N) is 1. The van der Waals surface area contributed by atoms with Gasteiger partial charge in [0.15, 0.2) is 0 Å². The van der Waals surface area contributed by atoms with E-state index in [9.17, 15) is 13.2 Å². The van der Waals surface area contributed by atoms with Gasteiger partial charge in [0.2, 0.25) is 10.0 Å². The molecular formula is C23H29N5O3S. The molecule has 0 aliphatic carbocycles. The van der Waals surface area contributed by atoms with Crippen LogP contribution in [0.1, 0.15) is 41.5 Å². The van der Waals surface area contributed by atoms with Gasteiger partial charge in [0.1, 0.15) is 10.6 Å². The molecule has 0 bridgehead atoms. The van der Waals surface area contributed by atoms with Gasteiger partial charge in [-0.05, 0) is 54.8 Å². The number of rotatable bonds is 5. The zero-order valence-electron chi connectivity index (χ0n) is 18.6. The highest BCUT2D eigenvalue weighted by Gasteiger charge is 2.32.